The molecule has 33 heavy (non-hydrogen) atoms. The van der Waals surface area contributed by atoms with Crippen molar-refractivity contribution in [1.29, 1.82) is 0 Å². The Kier molecular flexibility index (Phi) is 5.28. The summed E-state index contributed by atoms with van der Waals surface area (Å²) in [5, 5.41) is 7.35. The SMILES string of the molecule is Cc1cccn2c(NC(=O)Cn3nc(-c4ccccc4)ccc3=O)c(-c3ccccc3)nc12. The van der Waals surface area contributed by atoms with Crippen LogP contribution in [-0.4, -0.2) is 25.1 Å². The second-order valence-electron chi connectivity index (χ2n) is 7.69. The van der Waals surface area contributed by atoms with Gasteiger partial charge >= 0.3 is 0 Å². The van der Waals surface area contributed by atoms with Crippen LogP contribution >= 0.6 is 0 Å². The third-order valence-corrected chi connectivity index (χ3v) is 5.38. The molecule has 1 amide bonds. The molecule has 3 heterocycles. The minimum Gasteiger partial charge on any atom is -0.308 e. The molecule has 7 heteroatoms. The molecule has 0 bridgehead atoms. The van der Waals surface area contributed by atoms with E-state index in [1.54, 1.807) is 6.07 Å². The monoisotopic (exact) mass is 435 g/mol. The molecule has 0 unspecified atom stereocenters. The van der Waals surface area contributed by atoms with E-state index in [0.717, 1.165) is 22.3 Å². The summed E-state index contributed by atoms with van der Waals surface area (Å²) in [5.74, 6) is 0.187. The summed E-state index contributed by atoms with van der Waals surface area (Å²) in [6.45, 7) is 1.76. The number of carbonyl (C=O) groups excluding carboxylic acids is 1. The summed E-state index contributed by atoms with van der Waals surface area (Å²) >= 11 is 0. The van der Waals surface area contributed by atoms with Crippen molar-refractivity contribution in [3.05, 3.63) is 107 Å². The van der Waals surface area contributed by atoms with Gasteiger partial charge in [-0.2, -0.15) is 5.10 Å². The highest BCUT2D eigenvalue weighted by atomic mass is 16.2. The molecule has 0 saturated heterocycles. The number of fused-ring (bicyclic) bond motifs is 1. The smallest absolute Gasteiger partial charge is 0.267 e. The Morgan fingerprint density at radius 1 is 0.879 bits per heavy atom. The molecule has 0 aliphatic rings. The van der Waals surface area contributed by atoms with Crippen molar-refractivity contribution in [3.8, 4) is 22.5 Å². The van der Waals surface area contributed by atoms with Gasteiger partial charge in [-0.15, -0.1) is 0 Å². The van der Waals surface area contributed by atoms with Gasteiger partial charge in [0.25, 0.3) is 5.56 Å². The summed E-state index contributed by atoms with van der Waals surface area (Å²) < 4.78 is 3.03. The topological polar surface area (TPSA) is 81.3 Å². The number of imidazole rings is 1. The number of aromatic nitrogens is 4. The Hall–Kier alpha value is -4.52. The van der Waals surface area contributed by atoms with Crippen molar-refractivity contribution in [3.63, 3.8) is 0 Å². The maximum atomic E-state index is 13.0. The molecule has 0 aliphatic heterocycles. The number of hydrogen-bond acceptors (Lipinski definition) is 4. The van der Waals surface area contributed by atoms with E-state index in [4.69, 9.17) is 4.98 Å². The van der Waals surface area contributed by atoms with E-state index in [2.05, 4.69) is 10.4 Å². The molecule has 0 fully saturated rings. The van der Waals surface area contributed by atoms with Gasteiger partial charge in [0.05, 0.1) is 5.69 Å². The third kappa shape index (κ3) is 4.04. The fraction of sp³-hybridized carbons (Fsp3) is 0.0769. The van der Waals surface area contributed by atoms with Gasteiger partial charge in [0.15, 0.2) is 0 Å². The van der Waals surface area contributed by atoms with Gasteiger partial charge in [-0.25, -0.2) is 9.67 Å². The number of anilines is 1. The zero-order valence-electron chi connectivity index (χ0n) is 18.0. The van der Waals surface area contributed by atoms with Crippen LogP contribution in [0.25, 0.3) is 28.2 Å². The maximum Gasteiger partial charge on any atom is 0.267 e. The van der Waals surface area contributed by atoms with Gasteiger partial charge in [-0.1, -0.05) is 66.7 Å². The van der Waals surface area contributed by atoms with Crippen molar-refractivity contribution < 1.29 is 4.79 Å². The second-order valence-corrected chi connectivity index (χ2v) is 7.69. The van der Waals surface area contributed by atoms with Crippen molar-refractivity contribution in [2.24, 2.45) is 0 Å². The molecule has 7 nitrogen and oxygen atoms in total. The molecule has 5 rings (SSSR count). The van der Waals surface area contributed by atoms with E-state index in [1.165, 1.54) is 10.7 Å². The molecule has 0 aliphatic carbocycles. The van der Waals surface area contributed by atoms with E-state index in [0.29, 0.717) is 17.2 Å². The summed E-state index contributed by atoms with van der Waals surface area (Å²) in [7, 11) is 0. The van der Waals surface area contributed by atoms with Gasteiger partial charge in [0.1, 0.15) is 23.7 Å². The van der Waals surface area contributed by atoms with Gasteiger partial charge < -0.3 is 5.32 Å². The minimum absolute atomic E-state index is 0.215. The Labute approximate surface area is 190 Å². The number of amides is 1. The highest BCUT2D eigenvalue weighted by Gasteiger charge is 2.18. The Morgan fingerprint density at radius 2 is 1.58 bits per heavy atom. The fourth-order valence-electron chi connectivity index (χ4n) is 3.75. The molecule has 0 spiro atoms. The molecular formula is C26H21N5O2. The number of nitrogens with one attached hydrogen (secondary N) is 1. The molecule has 1 N–H and O–H groups in total. The number of carbonyl (C=O) groups is 1. The highest BCUT2D eigenvalue weighted by Crippen LogP contribution is 2.29. The number of benzene rings is 2. The quantitative estimate of drug-likeness (QED) is 0.449. The fourth-order valence-corrected chi connectivity index (χ4v) is 3.75. The van der Waals surface area contributed by atoms with Crippen LogP contribution in [0.5, 0.6) is 0 Å². The van der Waals surface area contributed by atoms with Crippen LogP contribution in [0.3, 0.4) is 0 Å². The standard InChI is InChI=1S/C26H21N5O2/c1-18-9-8-16-30-25(18)28-24(20-12-6-3-7-13-20)26(30)27-22(32)17-31-23(33)15-14-21(29-31)19-10-4-2-5-11-19/h2-16H,17H2,1H3,(H,27,32). The number of aryl methyl sites for hydroxylation is 1. The van der Waals surface area contributed by atoms with Crippen molar-refractivity contribution in [2.75, 3.05) is 5.32 Å². The van der Waals surface area contributed by atoms with E-state index < -0.39 is 0 Å². The van der Waals surface area contributed by atoms with Crippen molar-refractivity contribution >= 4 is 17.4 Å². The van der Waals surface area contributed by atoms with Crippen LogP contribution in [0.1, 0.15) is 5.56 Å². The van der Waals surface area contributed by atoms with Gasteiger partial charge in [0, 0.05) is 23.4 Å². The molecule has 2 aromatic carbocycles. The molecule has 0 atom stereocenters. The molecule has 0 radical (unpaired) electrons. The number of nitrogens with zero attached hydrogens (tertiary/aromatic N) is 4. The zero-order valence-corrected chi connectivity index (χ0v) is 18.0. The lowest BCUT2D eigenvalue weighted by molar-refractivity contribution is -0.117. The van der Waals surface area contributed by atoms with Gasteiger partial charge in [0.2, 0.25) is 5.91 Å². The summed E-state index contributed by atoms with van der Waals surface area (Å²) in [6.07, 6.45) is 1.86. The summed E-state index contributed by atoms with van der Waals surface area (Å²) in [4.78, 5) is 30.2. The Morgan fingerprint density at radius 3 is 2.30 bits per heavy atom. The lowest BCUT2D eigenvalue weighted by Crippen LogP contribution is -2.29. The van der Waals surface area contributed by atoms with Crippen LogP contribution in [0.2, 0.25) is 0 Å². The van der Waals surface area contributed by atoms with Crippen LogP contribution in [0, 0.1) is 6.92 Å². The summed E-state index contributed by atoms with van der Waals surface area (Å²) in [6, 6.07) is 26.2. The summed E-state index contributed by atoms with van der Waals surface area (Å²) in [5.41, 5.74) is 4.45. The van der Waals surface area contributed by atoms with Crippen LogP contribution < -0.4 is 10.9 Å². The molecule has 5 aromatic rings. The predicted molar refractivity (Wildman–Crippen MR) is 128 cm³/mol. The highest BCUT2D eigenvalue weighted by molar-refractivity contribution is 5.94. The van der Waals surface area contributed by atoms with E-state index >= 15 is 0 Å². The maximum absolute atomic E-state index is 13.0. The first-order valence-corrected chi connectivity index (χ1v) is 10.6. The van der Waals surface area contributed by atoms with E-state index in [-0.39, 0.29) is 18.0 Å². The third-order valence-electron chi connectivity index (χ3n) is 5.38. The first-order chi connectivity index (χ1) is 16.1. The second kappa shape index (κ2) is 8.55. The lowest BCUT2D eigenvalue weighted by atomic mass is 10.1. The van der Waals surface area contributed by atoms with Crippen LogP contribution in [0.15, 0.2) is 95.9 Å². The van der Waals surface area contributed by atoms with E-state index in [1.807, 2.05) is 90.3 Å². The van der Waals surface area contributed by atoms with Crippen molar-refractivity contribution in [2.45, 2.75) is 13.5 Å². The van der Waals surface area contributed by atoms with Crippen LogP contribution in [0.4, 0.5) is 5.82 Å². The average molecular weight is 435 g/mol. The average Bonchev–Trinajstić information content (AvgIpc) is 3.21. The number of pyridine rings is 1. The predicted octanol–water partition coefficient (Wildman–Crippen LogP) is 4.17. The minimum atomic E-state index is -0.365. The first-order valence-electron chi connectivity index (χ1n) is 10.6. The van der Waals surface area contributed by atoms with Crippen molar-refractivity contribution in [1.82, 2.24) is 19.2 Å². The Bertz CT molecular complexity index is 1500. The zero-order chi connectivity index (χ0) is 22.8. The number of hydrogen-bond donors (Lipinski definition) is 1. The largest absolute Gasteiger partial charge is 0.308 e. The van der Waals surface area contributed by atoms with E-state index in [9.17, 15) is 9.59 Å². The molecule has 162 valence electrons. The molecule has 0 saturated carbocycles. The normalized spacial score (nSPS) is 10.9. The molecule has 3 aromatic heterocycles. The lowest BCUT2D eigenvalue weighted by Gasteiger charge is -2.10. The Balaban J connectivity index is 1.49. The first kappa shape index (κ1) is 20.4. The number of rotatable bonds is 5. The van der Waals surface area contributed by atoms with Crippen LogP contribution in [-0.2, 0) is 11.3 Å². The van der Waals surface area contributed by atoms with Gasteiger partial charge in [-0.3, -0.25) is 14.0 Å². The van der Waals surface area contributed by atoms with Gasteiger partial charge in [-0.05, 0) is 24.6 Å². The molecular weight excluding hydrogens is 414 g/mol.